The van der Waals surface area contributed by atoms with E-state index in [0.717, 1.165) is 42.1 Å². The Hall–Kier alpha value is -3.26. The van der Waals surface area contributed by atoms with Crippen LogP contribution in [0.25, 0.3) is 11.4 Å². The highest BCUT2D eigenvalue weighted by atomic mass is 16.2. The van der Waals surface area contributed by atoms with Crippen LogP contribution in [0.15, 0.2) is 48.8 Å². The zero-order valence-electron chi connectivity index (χ0n) is 15.1. The fourth-order valence-corrected chi connectivity index (χ4v) is 3.10. The summed E-state index contributed by atoms with van der Waals surface area (Å²) in [5, 5.41) is 4.26. The summed E-state index contributed by atoms with van der Waals surface area (Å²) in [6, 6.07) is 11.1. The second-order valence-corrected chi connectivity index (χ2v) is 6.58. The van der Waals surface area contributed by atoms with Crippen molar-refractivity contribution in [3.05, 3.63) is 54.4 Å². The van der Waals surface area contributed by atoms with Gasteiger partial charge in [-0.2, -0.15) is 9.67 Å². The van der Waals surface area contributed by atoms with Crippen molar-refractivity contribution in [1.29, 1.82) is 0 Å². The van der Waals surface area contributed by atoms with Crippen LogP contribution in [0.3, 0.4) is 0 Å². The van der Waals surface area contributed by atoms with Crippen LogP contribution in [0.1, 0.15) is 10.4 Å². The third-order valence-corrected chi connectivity index (χ3v) is 4.75. The smallest absolute Gasteiger partial charge is 0.281 e. The monoisotopic (exact) mass is 363 g/mol. The molecular formula is C19H21N7O. The van der Waals surface area contributed by atoms with Gasteiger partial charge in [0, 0.05) is 55.4 Å². The first-order chi connectivity index (χ1) is 13.1. The lowest BCUT2D eigenvalue weighted by Gasteiger charge is -2.34. The number of hydrogen-bond donors (Lipinski definition) is 1. The molecule has 1 aliphatic rings. The first-order valence-corrected chi connectivity index (χ1v) is 8.83. The molecule has 8 heteroatoms. The summed E-state index contributed by atoms with van der Waals surface area (Å²) >= 11 is 0. The Morgan fingerprint density at radius 3 is 2.33 bits per heavy atom. The third kappa shape index (κ3) is 3.52. The van der Waals surface area contributed by atoms with E-state index in [9.17, 15) is 4.79 Å². The van der Waals surface area contributed by atoms with Crippen LogP contribution in [-0.4, -0.2) is 63.8 Å². The minimum absolute atomic E-state index is 0.0648. The van der Waals surface area contributed by atoms with Gasteiger partial charge in [0.1, 0.15) is 0 Å². The van der Waals surface area contributed by atoms with Crippen molar-refractivity contribution in [2.45, 2.75) is 0 Å². The SMILES string of the molecule is CN1CCN(c2ccc(C(=O)n3nc(-c4ccncc4)nc3N)cc2)CC1. The van der Waals surface area contributed by atoms with Crippen LogP contribution in [0.2, 0.25) is 0 Å². The van der Waals surface area contributed by atoms with Crippen LogP contribution in [0.5, 0.6) is 0 Å². The molecule has 4 rings (SSSR count). The second kappa shape index (κ2) is 7.16. The van der Waals surface area contributed by atoms with E-state index < -0.39 is 0 Å². The van der Waals surface area contributed by atoms with Crippen molar-refractivity contribution in [3.8, 4) is 11.4 Å². The Labute approximate surface area is 157 Å². The molecule has 0 amide bonds. The molecule has 2 aromatic heterocycles. The van der Waals surface area contributed by atoms with Crippen LogP contribution >= 0.6 is 0 Å². The van der Waals surface area contributed by atoms with E-state index in [0.29, 0.717) is 11.4 Å². The number of likely N-dealkylation sites (N-methyl/N-ethyl adjacent to an activating group) is 1. The molecule has 0 bridgehead atoms. The van der Waals surface area contributed by atoms with E-state index >= 15 is 0 Å². The summed E-state index contributed by atoms with van der Waals surface area (Å²) in [5.74, 6) is 0.164. The zero-order chi connectivity index (χ0) is 18.8. The van der Waals surface area contributed by atoms with Crippen molar-refractivity contribution in [2.75, 3.05) is 43.9 Å². The van der Waals surface area contributed by atoms with E-state index in [1.165, 1.54) is 0 Å². The fraction of sp³-hybridized carbons (Fsp3) is 0.263. The molecule has 3 aromatic rings. The Morgan fingerprint density at radius 2 is 1.67 bits per heavy atom. The molecule has 1 aromatic carbocycles. The number of carbonyl (C=O) groups is 1. The van der Waals surface area contributed by atoms with Crippen LogP contribution in [0, 0.1) is 0 Å². The van der Waals surface area contributed by atoms with Crippen molar-refractivity contribution < 1.29 is 4.79 Å². The normalized spacial score (nSPS) is 15.1. The molecule has 1 aliphatic heterocycles. The Morgan fingerprint density at radius 1 is 1.00 bits per heavy atom. The van der Waals surface area contributed by atoms with Crippen LogP contribution < -0.4 is 10.6 Å². The number of carbonyl (C=O) groups excluding carboxylic acids is 1. The van der Waals surface area contributed by atoms with Crippen molar-refractivity contribution >= 4 is 17.5 Å². The first kappa shape index (κ1) is 17.2. The highest BCUT2D eigenvalue weighted by molar-refractivity contribution is 5.97. The van der Waals surface area contributed by atoms with Crippen LogP contribution in [0.4, 0.5) is 11.6 Å². The first-order valence-electron chi connectivity index (χ1n) is 8.83. The molecule has 138 valence electrons. The predicted molar refractivity (Wildman–Crippen MR) is 104 cm³/mol. The maximum atomic E-state index is 12.8. The van der Waals surface area contributed by atoms with Gasteiger partial charge in [-0.1, -0.05) is 0 Å². The molecule has 0 spiro atoms. The topological polar surface area (TPSA) is 93.2 Å². The number of nitrogen functional groups attached to an aromatic ring is 1. The summed E-state index contributed by atoms with van der Waals surface area (Å²) in [6.07, 6.45) is 3.29. The minimum Gasteiger partial charge on any atom is -0.369 e. The molecule has 2 N–H and O–H groups in total. The molecule has 1 saturated heterocycles. The van der Waals surface area contributed by atoms with Gasteiger partial charge in [-0.05, 0) is 43.4 Å². The highest BCUT2D eigenvalue weighted by Gasteiger charge is 2.18. The standard InChI is InChI=1S/C19H21N7O/c1-24-10-12-25(13-11-24)16-4-2-15(3-5-16)18(27)26-19(20)22-17(23-26)14-6-8-21-9-7-14/h2-9H,10-13H2,1H3,(H2,20,22,23). The maximum Gasteiger partial charge on any atom is 0.281 e. The number of piperazine rings is 1. The van der Waals surface area contributed by atoms with E-state index in [-0.39, 0.29) is 11.9 Å². The molecular weight excluding hydrogens is 342 g/mol. The number of nitrogens with zero attached hydrogens (tertiary/aromatic N) is 6. The number of rotatable bonds is 3. The number of pyridine rings is 1. The summed E-state index contributed by atoms with van der Waals surface area (Å²) in [6.45, 7) is 4.03. The number of nitrogens with two attached hydrogens (primary N) is 1. The van der Waals surface area contributed by atoms with E-state index in [1.54, 1.807) is 24.5 Å². The molecule has 1 fully saturated rings. The number of hydrogen-bond acceptors (Lipinski definition) is 7. The molecule has 8 nitrogen and oxygen atoms in total. The number of anilines is 2. The third-order valence-electron chi connectivity index (χ3n) is 4.75. The van der Waals surface area contributed by atoms with Gasteiger partial charge < -0.3 is 15.5 Å². The highest BCUT2D eigenvalue weighted by Crippen LogP contribution is 2.19. The zero-order valence-corrected chi connectivity index (χ0v) is 15.1. The molecule has 0 atom stereocenters. The molecule has 27 heavy (non-hydrogen) atoms. The lowest BCUT2D eigenvalue weighted by molar-refractivity contribution is 0.0948. The summed E-state index contributed by atoms with van der Waals surface area (Å²) in [7, 11) is 2.13. The van der Waals surface area contributed by atoms with E-state index in [2.05, 4.69) is 31.9 Å². The Bertz CT molecular complexity index is 928. The quantitative estimate of drug-likeness (QED) is 0.751. The average Bonchev–Trinajstić information content (AvgIpc) is 3.10. The van der Waals surface area contributed by atoms with Crippen LogP contribution in [-0.2, 0) is 0 Å². The second-order valence-electron chi connectivity index (χ2n) is 6.58. The Kier molecular flexibility index (Phi) is 4.55. The summed E-state index contributed by atoms with van der Waals surface area (Å²) in [4.78, 5) is 25.6. The van der Waals surface area contributed by atoms with Gasteiger partial charge in [-0.3, -0.25) is 9.78 Å². The molecule has 0 aliphatic carbocycles. The fourth-order valence-electron chi connectivity index (χ4n) is 3.10. The lowest BCUT2D eigenvalue weighted by Crippen LogP contribution is -2.44. The molecule has 3 heterocycles. The lowest BCUT2D eigenvalue weighted by atomic mass is 10.1. The molecule has 0 radical (unpaired) electrons. The van der Waals surface area contributed by atoms with Gasteiger partial charge in [-0.25, -0.2) is 0 Å². The van der Waals surface area contributed by atoms with Gasteiger partial charge in [0.25, 0.3) is 5.91 Å². The maximum absolute atomic E-state index is 12.8. The minimum atomic E-state index is -0.301. The van der Waals surface area contributed by atoms with Crippen molar-refractivity contribution in [1.82, 2.24) is 24.6 Å². The van der Waals surface area contributed by atoms with Crippen molar-refractivity contribution in [3.63, 3.8) is 0 Å². The largest absolute Gasteiger partial charge is 0.369 e. The van der Waals surface area contributed by atoms with E-state index in [1.807, 2.05) is 24.3 Å². The van der Waals surface area contributed by atoms with Gasteiger partial charge in [0.15, 0.2) is 5.82 Å². The molecule has 0 unspecified atom stereocenters. The van der Waals surface area contributed by atoms with Crippen molar-refractivity contribution in [2.24, 2.45) is 0 Å². The average molecular weight is 363 g/mol. The Balaban J connectivity index is 1.54. The summed E-state index contributed by atoms with van der Waals surface area (Å²) in [5.41, 5.74) is 8.31. The number of aromatic nitrogens is 4. The number of benzene rings is 1. The van der Waals surface area contributed by atoms with Gasteiger partial charge >= 0.3 is 0 Å². The van der Waals surface area contributed by atoms with E-state index in [4.69, 9.17) is 5.73 Å². The van der Waals surface area contributed by atoms with Gasteiger partial charge in [0.2, 0.25) is 5.95 Å². The molecule has 0 saturated carbocycles. The van der Waals surface area contributed by atoms with Gasteiger partial charge in [0.05, 0.1) is 0 Å². The predicted octanol–water partition coefficient (Wildman–Crippen LogP) is 1.36. The summed E-state index contributed by atoms with van der Waals surface area (Å²) < 4.78 is 1.14. The van der Waals surface area contributed by atoms with Gasteiger partial charge in [-0.15, -0.1) is 5.10 Å².